The lowest BCUT2D eigenvalue weighted by atomic mass is 10.2. The number of nitrogens with two attached hydrogens (primary N) is 1. The number of hydrogen-bond acceptors (Lipinski definition) is 7. The lowest BCUT2D eigenvalue weighted by Crippen LogP contribution is -1.95. The van der Waals surface area contributed by atoms with E-state index < -0.39 is 4.92 Å². The van der Waals surface area contributed by atoms with Crippen molar-refractivity contribution >= 4 is 22.2 Å². The number of nitrogen functional groups attached to an aromatic ring is 1. The molecule has 0 aliphatic rings. The van der Waals surface area contributed by atoms with Crippen LogP contribution in [-0.2, 0) is 0 Å². The predicted molar refractivity (Wildman–Crippen MR) is 63.0 cm³/mol. The van der Waals surface area contributed by atoms with Gasteiger partial charge in [0.15, 0.2) is 5.01 Å². The van der Waals surface area contributed by atoms with E-state index in [0.717, 1.165) is 11.3 Å². The molecule has 17 heavy (non-hydrogen) atoms. The molecular weight excluding hydrogens is 244 g/mol. The summed E-state index contributed by atoms with van der Waals surface area (Å²) < 4.78 is 5.06. The summed E-state index contributed by atoms with van der Waals surface area (Å²) in [5, 5.41) is 19.1. The summed E-state index contributed by atoms with van der Waals surface area (Å²) in [4.78, 5) is 10.3. The molecule has 2 N–H and O–H groups in total. The van der Waals surface area contributed by atoms with Crippen molar-refractivity contribution in [2.24, 2.45) is 0 Å². The number of nitro benzene ring substituents is 1. The van der Waals surface area contributed by atoms with Crippen molar-refractivity contribution in [3.63, 3.8) is 0 Å². The Morgan fingerprint density at radius 2 is 2.24 bits per heavy atom. The zero-order valence-corrected chi connectivity index (χ0v) is 9.60. The molecule has 0 aliphatic heterocycles. The van der Waals surface area contributed by atoms with Gasteiger partial charge in [0.25, 0.3) is 0 Å². The van der Waals surface area contributed by atoms with Crippen LogP contribution in [0.15, 0.2) is 18.2 Å². The number of para-hydroxylation sites is 1. The first-order valence-corrected chi connectivity index (χ1v) is 5.36. The second-order valence-corrected chi connectivity index (χ2v) is 4.07. The van der Waals surface area contributed by atoms with E-state index in [9.17, 15) is 10.1 Å². The maximum atomic E-state index is 10.8. The van der Waals surface area contributed by atoms with Crippen LogP contribution in [0, 0.1) is 10.1 Å². The van der Waals surface area contributed by atoms with Gasteiger partial charge in [0.1, 0.15) is 0 Å². The minimum Gasteiger partial charge on any atom is -0.490 e. The topological polar surface area (TPSA) is 104 Å². The zero-order valence-electron chi connectivity index (χ0n) is 8.78. The van der Waals surface area contributed by atoms with Crippen LogP contribution in [0.2, 0.25) is 0 Å². The Kier molecular flexibility index (Phi) is 2.88. The van der Waals surface area contributed by atoms with Crippen LogP contribution in [0.1, 0.15) is 0 Å². The van der Waals surface area contributed by atoms with Gasteiger partial charge in [-0.2, -0.15) is 0 Å². The monoisotopic (exact) mass is 252 g/mol. The maximum absolute atomic E-state index is 10.8. The summed E-state index contributed by atoms with van der Waals surface area (Å²) in [7, 11) is 1.37. The van der Waals surface area contributed by atoms with E-state index in [1.54, 1.807) is 12.1 Å². The molecule has 0 radical (unpaired) electrons. The Bertz CT molecular complexity index is 569. The molecule has 0 aliphatic carbocycles. The van der Waals surface area contributed by atoms with Gasteiger partial charge in [-0.3, -0.25) is 10.1 Å². The smallest absolute Gasteiger partial charge is 0.311 e. The minimum absolute atomic E-state index is 0.112. The quantitative estimate of drug-likeness (QED) is 0.658. The molecule has 1 aromatic heterocycles. The Balaban J connectivity index is 2.61. The minimum atomic E-state index is -0.507. The van der Waals surface area contributed by atoms with Gasteiger partial charge in [0.05, 0.1) is 17.6 Å². The molecule has 88 valence electrons. The van der Waals surface area contributed by atoms with Gasteiger partial charge in [-0.15, -0.1) is 10.2 Å². The van der Waals surface area contributed by atoms with Gasteiger partial charge in [0, 0.05) is 6.07 Å². The van der Waals surface area contributed by atoms with Crippen LogP contribution in [0.3, 0.4) is 0 Å². The largest absolute Gasteiger partial charge is 0.490 e. The number of rotatable bonds is 3. The van der Waals surface area contributed by atoms with Crippen LogP contribution in [0.25, 0.3) is 10.6 Å². The molecule has 0 unspecified atom stereocenters. The lowest BCUT2D eigenvalue weighted by Gasteiger charge is -2.05. The predicted octanol–water partition coefficient (Wildman–Crippen LogP) is 1.70. The summed E-state index contributed by atoms with van der Waals surface area (Å²) in [5.74, 6) is 0.161. The molecule has 0 spiro atoms. The number of hydrogen-bond donors (Lipinski definition) is 1. The van der Waals surface area contributed by atoms with Gasteiger partial charge < -0.3 is 10.5 Å². The molecule has 1 aromatic carbocycles. The SMILES string of the molecule is COc1c(-c2nnc(N)s2)cccc1[N+](=O)[O-]. The van der Waals surface area contributed by atoms with Gasteiger partial charge in [-0.25, -0.2) is 0 Å². The number of nitrogens with zero attached hydrogens (tertiary/aromatic N) is 3. The fraction of sp³-hybridized carbons (Fsp3) is 0.111. The molecule has 1 heterocycles. The van der Waals surface area contributed by atoms with Crippen LogP contribution in [0.4, 0.5) is 10.8 Å². The van der Waals surface area contributed by atoms with E-state index in [-0.39, 0.29) is 11.4 Å². The second-order valence-electron chi connectivity index (χ2n) is 3.06. The number of methoxy groups -OCH3 is 1. The normalized spacial score (nSPS) is 10.2. The Labute approximate surface area is 100 Å². The van der Waals surface area contributed by atoms with Crippen molar-refractivity contribution < 1.29 is 9.66 Å². The molecule has 0 amide bonds. The van der Waals surface area contributed by atoms with Crippen LogP contribution < -0.4 is 10.5 Å². The third-order valence-corrected chi connectivity index (χ3v) is 2.85. The van der Waals surface area contributed by atoms with E-state index >= 15 is 0 Å². The first-order chi connectivity index (χ1) is 8.13. The molecule has 2 aromatic rings. The van der Waals surface area contributed by atoms with E-state index in [1.807, 2.05) is 0 Å². The highest BCUT2D eigenvalue weighted by Crippen LogP contribution is 2.38. The second kappa shape index (κ2) is 4.34. The number of ether oxygens (including phenoxy) is 1. The Morgan fingerprint density at radius 3 is 2.76 bits per heavy atom. The number of benzene rings is 1. The zero-order chi connectivity index (χ0) is 12.4. The molecule has 0 atom stereocenters. The summed E-state index contributed by atoms with van der Waals surface area (Å²) >= 11 is 1.14. The van der Waals surface area contributed by atoms with E-state index in [2.05, 4.69) is 10.2 Å². The van der Waals surface area contributed by atoms with Crippen LogP contribution in [0.5, 0.6) is 5.75 Å². The molecule has 2 rings (SSSR count). The maximum Gasteiger partial charge on any atom is 0.311 e. The highest BCUT2D eigenvalue weighted by molar-refractivity contribution is 7.18. The summed E-state index contributed by atoms with van der Waals surface area (Å²) in [6.45, 7) is 0. The van der Waals surface area contributed by atoms with Gasteiger partial charge in [-0.1, -0.05) is 17.4 Å². The number of nitro groups is 1. The van der Waals surface area contributed by atoms with E-state index in [4.69, 9.17) is 10.5 Å². The van der Waals surface area contributed by atoms with Gasteiger partial charge >= 0.3 is 5.69 Å². The summed E-state index contributed by atoms with van der Waals surface area (Å²) in [6, 6.07) is 4.60. The number of aromatic nitrogens is 2. The highest BCUT2D eigenvalue weighted by Gasteiger charge is 2.21. The first kappa shape index (κ1) is 11.3. The third-order valence-electron chi connectivity index (χ3n) is 2.07. The van der Waals surface area contributed by atoms with Crippen molar-refractivity contribution in [3.05, 3.63) is 28.3 Å². The average molecular weight is 252 g/mol. The lowest BCUT2D eigenvalue weighted by molar-refractivity contribution is -0.385. The standard InChI is InChI=1S/C9H8N4O3S/c1-16-7-5(8-11-12-9(10)17-8)3-2-4-6(7)13(14)15/h2-4H,1H3,(H2,10,12). The number of anilines is 1. The molecule has 0 saturated heterocycles. The molecule has 8 heteroatoms. The van der Waals surface area contributed by atoms with Crippen molar-refractivity contribution in [2.75, 3.05) is 12.8 Å². The van der Waals surface area contributed by atoms with Crippen molar-refractivity contribution in [3.8, 4) is 16.3 Å². The molecule has 0 bridgehead atoms. The average Bonchev–Trinajstić information content (AvgIpc) is 2.74. The first-order valence-electron chi connectivity index (χ1n) is 4.54. The van der Waals surface area contributed by atoms with Crippen LogP contribution >= 0.6 is 11.3 Å². The van der Waals surface area contributed by atoms with E-state index in [1.165, 1.54) is 13.2 Å². The molecule has 7 nitrogen and oxygen atoms in total. The fourth-order valence-corrected chi connectivity index (χ4v) is 2.03. The molecule has 0 fully saturated rings. The van der Waals surface area contributed by atoms with Gasteiger partial charge in [-0.05, 0) is 6.07 Å². The molecule has 0 saturated carbocycles. The summed E-state index contributed by atoms with van der Waals surface area (Å²) in [5.41, 5.74) is 5.87. The van der Waals surface area contributed by atoms with Gasteiger partial charge in [0.2, 0.25) is 10.9 Å². The van der Waals surface area contributed by atoms with Crippen molar-refractivity contribution in [1.29, 1.82) is 0 Å². The molecular formula is C9H8N4O3S. The van der Waals surface area contributed by atoms with Crippen LogP contribution in [-0.4, -0.2) is 22.2 Å². The Hall–Kier alpha value is -2.22. The van der Waals surface area contributed by atoms with Crippen molar-refractivity contribution in [2.45, 2.75) is 0 Å². The third kappa shape index (κ3) is 2.02. The summed E-state index contributed by atoms with van der Waals surface area (Å²) in [6.07, 6.45) is 0. The Morgan fingerprint density at radius 1 is 1.47 bits per heavy atom. The highest BCUT2D eigenvalue weighted by atomic mass is 32.1. The fourth-order valence-electron chi connectivity index (χ4n) is 1.39. The van der Waals surface area contributed by atoms with E-state index in [0.29, 0.717) is 15.7 Å². The van der Waals surface area contributed by atoms with Crippen molar-refractivity contribution in [1.82, 2.24) is 10.2 Å².